The molecule has 0 amide bonds. The lowest BCUT2D eigenvalue weighted by atomic mass is 10.3. The molecule has 0 aliphatic heterocycles. The maximum atomic E-state index is 7.58. The minimum absolute atomic E-state index is 0.582. The van der Waals surface area contributed by atoms with Gasteiger partial charge in [0.25, 0.3) is 0 Å². The Morgan fingerprint density at radius 3 is 2.80 bits per heavy atom. The Morgan fingerprint density at radius 2 is 2.47 bits per heavy atom. The van der Waals surface area contributed by atoms with Crippen LogP contribution in [0.1, 0.15) is 21.1 Å². The number of imidazole rings is 1. The lowest BCUT2D eigenvalue weighted by Gasteiger charge is -1.90. The van der Waals surface area contributed by atoms with Crippen LogP contribution in [0.5, 0.6) is 0 Å². The monoisotopic (exact) mass is 206 g/mol. The Morgan fingerprint density at radius 1 is 1.73 bits per heavy atom. The topological polar surface area (TPSA) is 67.3 Å². The molecule has 5 heteroatoms. The lowest BCUT2D eigenvalue weighted by molar-refractivity contribution is -0.671. The van der Waals surface area contributed by atoms with E-state index in [0.717, 1.165) is 13.0 Å². The van der Waals surface area contributed by atoms with E-state index in [1.807, 2.05) is 28.6 Å². The van der Waals surface area contributed by atoms with E-state index in [1.54, 1.807) is 0 Å². The SMILES string of the molecule is N#CN=C=[N-].[2H]c1n(CCCC)cc[n+]1C. The number of unbranched alkanes of at least 4 members (excludes halogenated alkanes) is 1. The highest BCUT2D eigenvalue weighted by molar-refractivity contribution is 5.46. The van der Waals surface area contributed by atoms with Gasteiger partial charge in [-0.3, -0.25) is 0 Å². The quantitative estimate of drug-likeness (QED) is 0.418. The van der Waals surface area contributed by atoms with Gasteiger partial charge in [-0.25, -0.2) is 9.13 Å². The zero-order chi connectivity index (χ0) is 12.4. The second-order valence-corrected chi connectivity index (χ2v) is 2.87. The molecule has 0 radical (unpaired) electrons. The van der Waals surface area contributed by atoms with E-state index >= 15 is 0 Å². The van der Waals surface area contributed by atoms with Crippen LogP contribution < -0.4 is 4.57 Å². The number of aliphatic imine (C=N–C) groups is 1. The molecule has 5 nitrogen and oxygen atoms in total. The summed E-state index contributed by atoms with van der Waals surface area (Å²) in [4.78, 5) is 2.58. The maximum absolute atomic E-state index is 7.58. The van der Waals surface area contributed by atoms with Gasteiger partial charge in [0.05, 0.1) is 19.8 Å². The molecule has 0 spiro atoms. The first-order chi connectivity index (χ1) is 7.67. The number of hydrogen-bond acceptors (Lipinski definition) is 2. The van der Waals surface area contributed by atoms with Crippen molar-refractivity contribution in [2.24, 2.45) is 12.0 Å². The van der Waals surface area contributed by atoms with Crippen molar-refractivity contribution in [3.8, 4) is 6.19 Å². The van der Waals surface area contributed by atoms with Crippen molar-refractivity contribution in [1.29, 1.82) is 5.26 Å². The molecule has 0 aliphatic rings. The predicted octanol–water partition coefficient (Wildman–Crippen LogP) is 1.32. The third-order valence-corrected chi connectivity index (χ3v) is 1.61. The van der Waals surface area contributed by atoms with E-state index < -0.39 is 0 Å². The van der Waals surface area contributed by atoms with E-state index in [1.165, 1.54) is 18.6 Å². The van der Waals surface area contributed by atoms with Gasteiger partial charge >= 0.3 is 0 Å². The number of nitriles is 1. The Hall–Kier alpha value is -1.92. The van der Waals surface area contributed by atoms with E-state index in [4.69, 9.17) is 12.0 Å². The summed E-state index contributed by atoms with van der Waals surface area (Å²) in [7, 11) is 1.89. The minimum Gasteiger partial charge on any atom is -0.422 e. The second-order valence-electron chi connectivity index (χ2n) is 2.87. The molecule has 0 aliphatic carbocycles. The smallest absolute Gasteiger partial charge is 0.243 e. The van der Waals surface area contributed by atoms with Crippen molar-refractivity contribution < 1.29 is 5.94 Å². The van der Waals surface area contributed by atoms with E-state index in [9.17, 15) is 0 Å². The summed E-state index contributed by atoms with van der Waals surface area (Å²) in [5.74, 6) is 0. The van der Waals surface area contributed by atoms with Gasteiger partial charge < -0.3 is 10.4 Å². The molecule has 1 heterocycles. The molecule has 80 valence electrons. The summed E-state index contributed by atoms with van der Waals surface area (Å²) in [5, 5.41) is 14.9. The molecular weight excluding hydrogens is 190 g/mol. The molecule has 0 unspecified atom stereocenters. The van der Waals surface area contributed by atoms with Crippen molar-refractivity contribution in [3.63, 3.8) is 0 Å². The van der Waals surface area contributed by atoms with Crippen LogP contribution in [0, 0.1) is 11.5 Å². The highest BCUT2D eigenvalue weighted by Crippen LogP contribution is 1.91. The van der Waals surface area contributed by atoms with Crippen LogP contribution in [0.3, 0.4) is 0 Å². The molecule has 0 saturated heterocycles. The van der Waals surface area contributed by atoms with Gasteiger partial charge in [-0.2, -0.15) is 5.26 Å². The molecule has 1 aromatic heterocycles. The highest BCUT2D eigenvalue weighted by Gasteiger charge is 1.96. The number of aryl methyl sites for hydroxylation is 2. The van der Waals surface area contributed by atoms with Crippen LogP contribution in [-0.4, -0.2) is 10.6 Å². The van der Waals surface area contributed by atoms with Crippen LogP contribution in [0.15, 0.2) is 23.7 Å². The van der Waals surface area contributed by atoms with Crippen molar-refractivity contribution in [2.75, 3.05) is 0 Å². The minimum atomic E-state index is 0.582. The zero-order valence-electron chi connectivity index (χ0n) is 10.0. The predicted molar refractivity (Wildman–Crippen MR) is 56.9 cm³/mol. The summed E-state index contributed by atoms with van der Waals surface area (Å²) in [5.41, 5.74) is 0. The average molecular weight is 206 g/mol. The van der Waals surface area contributed by atoms with E-state index in [2.05, 4.69) is 11.9 Å². The van der Waals surface area contributed by atoms with E-state index in [-0.39, 0.29) is 0 Å². The van der Waals surface area contributed by atoms with Crippen LogP contribution in [0.25, 0.3) is 5.41 Å². The van der Waals surface area contributed by atoms with Crippen molar-refractivity contribution >= 4 is 6.01 Å². The van der Waals surface area contributed by atoms with Gasteiger partial charge in [0.2, 0.25) is 6.30 Å². The largest absolute Gasteiger partial charge is 0.422 e. The Labute approximate surface area is 91.2 Å². The molecule has 0 bridgehead atoms. The van der Waals surface area contributed by atoms with Crippen molar-refractivity contribution in [2.45, 2.75) is 26.3 Å². The molecule has 1 aromatic rings. The van der Waals surface area contributed by atoms with Gasteiger partial charge in [0.15, 0.2) is 1.37 Å². The fourth-order valence-corrected chi connectivity index (χ4v) is 0.925. The van der Waals surface area contributed by atoms with Gasteiger partial charge in [-0.1, -0.05) is 13.3 Å². The summed E-state index contributed by atoms with van der Waals surface area (Å²) in [6, 6.07) is 1.28. The number of rotatable bonds is 3. The molecule has 0 atom stereocenters. The van der Waals surface area contributed by atoms with Gasteiger partial charge in [0, 0.05) is 0 Å². The Bertz CT molecular complexity index is 398. The number of aromatic nitrogens is 2. The van der Waals surface area contributed by atoms with Gasteiger partial charge in [0.1, 0.15) is 12.4 Å². The summed E-state index contributed by atoms with van der Waals surface area (Å²) in [6.45, 7) is 3.13. The van der Waals surface area contributed by atoms with Crippen LogP contribution in [-0.2, 0) is 13.6 Å². The molecular formula is C10H15N5. The first-order valence-corrected chi connectivity index (χ1v) is 4.66. The molecule has 0 saturated carbocycles. The first-order valence-electron chi connectivity index (χ1n) is 5.16. The summed E-state index contributed by atoms with van der Waals surface area (Å²) < 4.78 is 11.4. The lowest BCUT2D eigenvalue weighted by Crippen LogP contribution is -2.23. The van der Waals surface area contributed by atoms with E-state index in [0.29, 0.717) is 6.30 Å². The average Bonchev–Trinajstić information content (AvgIpc) is 2.59. The van der Waals surface area contributed by atoms with Crippen molar-refractivity contribution in [3.05, 3.63) is 24.1 Å². The maximum Gasteiger partial charge on any atom is 0.243 e. The normalized spacial score (nSPS) is 9.00. The standard InChI is InChI=1S/C8H15N2.C2N3/c1-3-4-5-10-7-6-9(2)8-10;3-1-5-2-4/h6-8H,3-5H2,1-2H3;/q+1;-1/i8D;. The summed E-state index contributed by atoms with van der Waals surface area (Å²) in [6.07, 6.45) is 8.07. The number of nitrogens with zero attached hydrogens (tertiary/aromatic N) is 5. The molecule has 1 rings (SSSR count). The molecule has 0 N–H and O–H groups in total. The summed E-state index contributed by atoms with van der Waals surface area (Å²) >= 11 is 0. The third kappa shape index (κ3) is 7.17. The second kappa shape index (κ2) is 8.67. The van der Waals surface area contributed by atoms with Gasteiger partial charge in [-0.15, -0.1) is 6.01 Å². The van der Waals surface area contributed by atoms with Crippen molar-refractivity contribution in [1.82, 2.24) is 4.57 Å². The van der Waals surface area contributed by atoms with Gasteiger partial charge in [-0.05, 0) is 6.42 Å². The molecule has 0 aromatic carbocycles. The van der Waals surface area contributed by atoms with Crippen LogP contribution in [0.4, 0.5) is 0 Å². The van der Waals surface area contributed by atoms with Crippen LogP contribution >= 0.6 is 0 Å². The molecule has 15 heavy (non-hydrogen) atoms. The zero-order valence-corrected chi connectivity index (χ0v) is 9.01. The number of hydrogen-bond donors (Lipinski definition) is 0. The third-order valence-electron chi connectivity index (χ3n) is 1.61. The first kappa shape index (κ1) is 11.2. The highest BCUT2D eigenvalue weighted by atomic mass is 15.1. The Balaban J connectivity index is 0.000000385. The molecule has 0 fully saturated rings. The Kier molecular flexibility index (Phi) is 6.45. The fourth-order valence-electron chi connectivity index (χ4n) is 0.925. The van der Waals surface area contributed by atoms with Crippen LogP contribution in [0.2, 0.25) is 0 Å². The fraction of sp³-hybridized carbons (Fsp3) is 0.500.